The Morgan fingerprint density at radius 3 is 2.61 bits per heavy atom. The van der Waals surface area contributed by atoms with Gasteiger partial charge in [-0.15, -0.1) is 0 Å². The average molecular weight is 494 g/mol. The normalized spacial score (nSPS) is 20.2. The van der Waals surface area contributed by atoms with Gasteiger partial charge in [0.2, 0.25) is 5.52 Å². The maximum atomic E-state index is 7.01. The molecule has 1 aromatic heterocycles. The molecular formula is C33H34ClN2+. The van der Waals surface area contributed by atoms with E-state index in [0.717, 1.165) is 31.0 Å². The van der Waals surface area contributed by atoms with E-state index in [1.165, 1.54) is 44.4 Å². The van der Waals surface area contributed by atoms with Gasteiger partial charge in [0.25, 0.3) is 0 Å². The number of hydrogen-bond acceptors (Lipinski definition) is 1. The fraction of sp³-hybridized carbons (Fsp3) is 0.242. The van der Waals surface area contributed by atoms with Crippen molar-refractivity contribution in [1.82, 2.24) is 0 Å². The lowest BCUT2D eigenvalue weighted by atomic mass is 9.86. The SMILES string of the molecule is CCN1C=CC(=CC=C2CC(C)CC(C=Cc3cc[n+](CC)c4ccccc34)=C2Cl)c2ccccc21. The van der Waals surface area contributed by atoms with Crippen molar-refractivity contribution in [1.29, 1.82) is 0 Å². The molecule has 0 amide bonds. The molecule has 0 spiro atoms. The van der Waals surface area contributed by atoms with Crippen molar-refractivity contribution >= 4 is 39.8 Å². The Balaban J connectivity index is 1.48. The molecule has 0 N–H and O–H groups in total. The summed E-state index contributed by atoms with van der Waals surface area (Å²) < 4.78 is 2.29. The van der Waals surface area contributed by atoms with Gasteiger partial charge in [-0.25, -0.2) is 0 Å². The highest BCUT2D eigenvalue weighted by molar-refractivity contribution is 6.32. The van der Waals surface area contributed by atoms with Crippen molar-refractivity contribution in [2.75, 3.05) is 11.4 Å². The number of anilines is 1. The predicted octanol–water partition coefficient (Wildman–Crippen LogP) is 8.45. The lowest BCUT2D eigenvalue weighted by molar-refractivity contribution is -0.667. The molecule has 3 aromatic rings. The lowest BCUT2D eigenvalue weighted by Gasteiger charge is -2.26. The van der Waals surface area contributed by atoms with Crippen LogP contribution in [0.2, 0.25) is 0 Å². The zero-order chi connectivity index (χ0) is 25.1. The van der Waals surface area contributed by atoms with Gasteiger partial charge in [-0.2, -0.15) is 4.57 Å². The van der Waals surface area contributed by atoms with E-state index in [2.05, 4.69) is 128 Å². The van der Waals surface area contributed by atoms with Crippen LogP contribution in [0, 0.1) is 5.92 Å². The Bertz CT molecular complexity index is 1440. The van der Waals surface area contributed by atoms with Gasteiger partial charge in [-0.05, 0) is 73.1 Å². The van der Waals surface area contributed by atoms with Gasteiger partial charge in [-0.1, -0.05) is 73.2 Å². The maximum absolute atomic E-state index is 7.01. The van der Waals surface area contributed by atoms with Crippen LogP contribution in [0.5, 0.6) is 0 Å². The highest BCUT2D eigenvalue weighted by Gasteiger charge is 2.20. The Morgan fingerprint density at radius 1 is 0.972 bits per heavy atom. The molecule has 0 saturated heterocycles. The van der Waals surface area contributed by atoms with E-state index in [4.69, 9.17) is 11.6 Å². The Hall–Kier alpha value is -3.36. The van der Waals surface area contributed by atoms with Gasteiger partial charge in [0, 0.05) is 41.2 Å². The summed E-state index contributed by atoms with van der Waals surface area (Å²) in [5.74, 6) is 0.552. The molecule has 0 bridgehead atoms. The van der Waals surface area contributed by atoms with Gasteiger partial charge < -0.3 is 4.90 Å². The molecule has 182 valence electrons. The molecule has 5 rings (SSSR count). The summed E-state index contributed by atoms with van der Waals surface area (Å²) in [6, 6.07) is 19.4. The highest BCUT2D eigenvalue weighted by atomic mass is 35.5. The highest BCUT2D eigenvalue weighted by Crippen LogP contribution is 2.38. The summed E-state index contributed by atoms with van der Waals surface area (Å²) in [6.07, 6.45) is 17.5. The molecule has 2 aromatic carbocycles. The molecule has 0 saturated carbocycles. The maximum Gasteiger partial charge on any atom is 0.213 e. The molecule has 36 heavy (non-hydrogen) atoms. The minimum absolute atomic E-state index is 0.552. The van der Waals surface area contributed by atoms with E-state index < -0.39 is 0 Å². The van der Waals surface area contributed by atoms with Crippen LogP contribution in [0.3, 0.4) is 0 Å². The molecule has 3 heteroatoms. The third-order valence-electron chi connectivity index (χ3n) is 7.23. The van der Waals surface area contributed by atoms with Crippen LogP contribution in [0.1, 0.15) is 44.7 Å². The molecule has 1 unspecified atom stereocenters. The molecule has 1 atom stereocenters. The number of pyridine rings is 1. The van der Waals surface area contributed by atoms with Crippen LogP contribution in [-0.2, 0) is 6.54 Å². The molecule has 2 aliphatic rings. The van der Waals surface area contributed by atoms with Crippen LogP contribution in [0.25, 0.3) is 22.6 Å². The summed E-state index contributed by atoms with van der Waals surface area (Å²) in [7, 11) is 0. The molecular weight excluding hydrogens is 460 g/mol. The van der Waals surface area contributed by atoms with Crippen molar-refractivity contribution in [2.45, 2.75) is 40.2 Å². The minimum atomic E-state index is 0.552. The number of para-hydroxylation sites is 2. The first kappa shape index (κ1) is 24.3. The van der Waals surface area contributed by atoms with Crippen LogP contribution >= 0.6 is 11.6 Å². The van der Waals surface area contributed by atoms with E-state index >= 15 is 0 Å². The molecule has 2 nitrogen and oxygen atoms in total. The second-order valence-electron chi connectivity index (χ2n) is 9.69. The van der Waals surface area contributed by atoms with Crippen molar-refractivity contribution in [3.05, 3.63) is 119 Å². The van der Waals surface area contributed by atoms with E-state index in [9.17, 15) is 0 Å². The predicted molar refractivity (Wildman–Crippen MR) is 155 cm³/mol. The van der Waals surface area contributed by atoms with E-state index in [-0.39, 0.29) is 0 Å². The topological polar surface area (TPSA) is 7.12 Å². The number of aryl methyl sites for hydroxylation is 1. The fourth-order valence-electron chi connectivity index (χ4n) is 5.33. The van der Waals surface area contributed by atoms with Crippen LogP contribution in [0.4, 0.5) is 5.69 Å². The van der Waals surface area contributed by atoms with E-state index in [1.54, 1.807) is 0 Å². The number of hydrogen-bond donors (Lipinski definition) is 0. The molecule has 1 aliphatic carbocycles. The zero-order valence-electron chi connectivity index (χ0n) is 21.4. The molecule has 0 radical (unpaired) electrons. The second kappa shape index (κ2) is 10.7. The molecule has 2 heterocycles. The molecule has 0 fully saturated rings. The third kappa shape index (κ3) is 4.83. The van der Waals surface area contributed by atoms with Gasteiger partial charge >= 0.3 is 0 Å². The standard InChI is InChI=1S/C33H34ClN2/c1-4-35-20-18-25(29-10-6-8-12-31(29)35)14-16-27-22-24(3)23-28(33(27)34)17-15-26-19-21-36(5-2)32-13-9-7-11-30(26)32/h6-21,24H,4-5,22-23H2,1-3H3/q+1. The Kier molecular flexibility index (Phi) is 7.25. The van der Waals surface area contributed by atoms with E-state index in [0.29, 0.717) is 5.92 Å². The summed E-state index contributed by atoms with van der Waals surface area (Å²) in [5.41, 5.74) is 8.66. The average Bonchev–Trinajstić information content (AvgIpc) is 2.92. The number of benzene rings is 2. The van der Waals surface area contributed by atoms with Gasteiger partial charge in [-0.3, -0.25) is 0 Å². The summed E-state index contributed by atoms with van der Waals surface area (Å²) >= 11 is 7.01. The largest absolute Gasteiger partial charge is 0.348 e. The number of allylic oxidation sites excluding steroid dienone is 8. The number of nitrogens with zero attached hydrogens (tertiary/aromatic N) is 2. The first-order chi connectivity index (χ1) is 17.6. The monoisotopic (exact) mass is 493 g/mol. The quantitative estimate of drug-likeness (QED) is 0.323. The summed E-state index contributed by atoms with van der Waals surface area (Å²) in [5, 5.41) is 2.16. The van der Waals surface area contributed by atoms with Gasteiger partial charge in [0.15, 0.2) is 6.20 Å². The van der Waals surface area contributed by atoms with Crippen LogP contribution < -0.4 is 9.47 Å². The first-order valence-corrected chi connectivity index (χ1v) is 13.4. The Morgan fingerprint density at radius 2 is 1.78 bits per heavy atom. The van der Waals surface area contributed by atoms with Gasteiger partial charge in [0.05, 0.1) is 5.39 Å². The van der Waals surface area contributed by atoms with E-state index in [1.807, 2.05) is 0 Å². The number of rotatable bonds is 5. The van der Waals surface area contributed by atoms with Crippen molar-refractivity contribution in [2.24, 2.45) is 5.92 Å². The third-order valence-corrected chi connectivity index (χ3v) is 7.71. The number of halogens is 1. The van der Waals surface area contributed by atoms with Gasteiger partial charge in [0.1, 0.15) is 6.54 Å². The van der Waals surface area contributed by atoms with Crippen LogP contribution in [0.15, 0.2) is 107 Å². The van der Waals surface area contributed by atoms with Crippen molar-refractivity contribution in [3.63, 3.8) is 0 Å². The van der Waals surface area contributed by atoms with Crippen molar-refractivity contribution < 1.29 is 4.57 Å². The second-order valence-corrected chi connectivity index (χ2v) is 10.1. The number of aromatic nitrogens is 1. The summed E-state index contributed by atoms with van der Waals surface area (Å²) in [6.45, 7) is 8.59. The Labute approximate surface area is 220 Å². The van der Waals surface area contributed by atoms with Crippen molar-refractivity contribution in [3.8, 4) is 0 Å². The first-order valence-electron chi connectivity index (χ1n) is 13.0. The van der Waals surface area contributed by atoms with Crippen LogP contribution in [-0.4, -0.2) is 6.54 Å². The fourth-order valence-corrected chi connectivity index (χ4v) is 5.61. The number of fused-ring (bicyclic) bond motifs is 2. The smallest absolute Gasteiger partial charge is 0.213 e. The minimum Gasteiger partial charge on any atom is -0.348 e. The lowest BCUT2D eigenvalue weighted by Crippen LogP contribution is -2.32. The summed E-state index contributed by atoms with van der Waals surface area (Å²) in [4.78, 5) is 2.29. The molecule has 1 aliphatic heterocycles. The zero-order valence-corrected chi connectivity index (χ0v) is 22.2.